The summed E-state index contributed by atoms with van der Waals surface area (Å²) in [6.07, 6.45) is 51.2. The molecule has 0 radical (unpaired) electrons. The van der Waals surface area contributed by atoms with Crippen LogP contribution < -0.4 is 0 Å². The van der Waals surface area contributed by atoms with Crippen molar-refractivity contribution in [2.45, 2.75) is 219 Å². The van der Waals surface area contributed by atoms with E-state index in [0.29, 0.717) is 19.4 Å². The quantitative estimate of drug-likeness (QED) is 0.0357. The Morgan fingerprint density at radius 3 is 1.38 bits per heavy atom. The van der Waals surface area contributed by atoms with Crippen LogP contribution in [0.15, 0.2) is 48.6 Å². The molecule has 1 atom stereocenters. The van der Waals surface area contributed by atoms with Crippen molar-refractivity contribution in [3.05, 3.63) is 48.6 Å². The zero-order valence-corrected chi connectivity index (χ0v) is 34.6. The Morgan fingerprint density at radius 1 is 0.442 bits per heavy atom. The maximum atomic E-state index is 12.6. The van der Waals surface area contributed by atoms with Gasteiger partial charge >= 0.3 is 11.9 Å². The largest absolute Gasteiger partial charge is 0.462 e. The molecule has 0 fully saturated rings. The standard InChI is InChI=1S/C47H84O5/c1-4-7-10-13-16-18-20-22-24-25-27-29-32-34-37-40-46(48)51-44-45(52-47(49)41-38-35-31-15-12-9-6-3)43-50-42-39-36-33-30-28-26-23-21-19-17-14-11-8-5-2/h7,10,16,18,22,24,27,29,45H,4-6,8-9,11-15,17,19-21,23,25-26,28,30-44H2,1-3H3/b10-7-,18-16-,24-22-,29-27-. The minimum atomic E-state index is -0.544. The van der Waals surface area contributed by atoms with Crippen molar-refractivity contribution >= 4 is 11.9 Å². The van der Waals surface area contributed by atoms with Gasteiger partial charge in [0.15, 0.2) is 6.10 Å². The lowest BCUT2D eigenvalue weighted by molar-refractivity contribution is -0.163. The van der Waals surface area contributed by atoms with Crippen LogP contribution in [0.2, 0.25) is 0 Å². The molecule has 52 heavy (non-hydrogen) atoms. The Morgan fingerprint density at radius 2 is 0.865 bits per heavy atom. The monoisotopic (exact) mass is 729 g/mol. The zero-order valence-electron chi connectivity index (χ0n) is 34.6. The number of hydrogen-bond acceptors (Lipinski definition) is 5. The number of allylic oxidation sites excluding steroid dienone is 8. The van der Waals surface area contributed by atoms with E-state index in [1.807, 2.05) is 0 Å². The Kier molecular flexibility index (Phi) is 41.5. The van der Waals surface area contributed by atoms with Gasteiger partial charge < -0.3 is 14.2 Å². The molecule has 0 saturated carbocycles. The molecule has 0 aromatic carbocycles. The molecular weight excluding hydrogens is 645 g/mol. The molecule has 0 saturated heterocycles. The minimum absolute atomic E-state index is 0.0667. The molecule has 0 aromatic rings. The van der Waals surface area contributed by atoms with Gasteiger partial charge in [0.2, 0.25) is 0 Å². The summed E-state index contributed by atoms with van der Waals surface area (Å²) in [5, 5.41) is 0. The van der Waals surface area contributed by atoms with Crippen LogP contribution in [0.25, 0.3) is 0 Å². The van der Waals surface area contributed by atoms with Crippen LogP contribution in [0.1, 0.15) is 213 Å². The van der Waals surface area contributed by atoms with Gasteiger partial charge in [0, 0.05) is 19.4 Å². The van der Waals surface area contributed by atoms with Gasteiger partial charge in [-0.05, 0) is 57.8 Å². The summed E-state index contributed by atoms with van der Waals surface area (Å²) in [7, 11) is 0. The van der Waals surface area contributed by atoms with Gasteiger partial charge in [-0.15, -0.1) is 0 Å². The third-order valence-electron chi connectivity index (χ3n) is 9.38. The van der Waals surface area contributed by atoms with Crippen LogP contribution in [-0.4, -0.2) is 37.9 Å². The first-order valence-corrected chi connectivity index (χ1v) is 22.2. The van der Waals surface area contributed by atoms with Crippen molar-refractivity contribution in [1.29, 1.82) is 0 Å². The van der Waals surface area contributed by atoms with Crippen LogP contribution >= 0.6 is 0 Å². The van der Waals surface area contributed by atoms with Crippen molar-refractivity contribution in [2.75, 3.05) is 19.8 Å². The van der Waals surface area contributed by atoms with E-state index in [0.717, 1.165) is 70.6 Å². The average Bonchev–Trinajstić information content (AvgIpc) is 3.14. The van der Waals surface area contributed by atoms with Crippen LogP contribution in [0.3, 0.4) is 0 Å². The summed E-state index contributed by atoms with van der Waals surface area (Å²) in [5.41, 5.74) is 0. The Labute approximate surface area is 322 Å². The van der Waals surface area contributed by atoms with E-state index in [4.69, 9.17) is 14.2 Å². The smallest absolute Gasteiger partial charge is 0.306 e. The maximum absolute atomic E-state index is 12.6. The second kappa shape index (κ2) is 43.3. The van der Waals surface area contributed by atoms with Gasteiger partial charge in [-0.2, -0.15) is 0 Å². The van der Waals surface area contributed by atoms with E-state index in [1.54, 1.807) is 0 Å². The second-order valence-electron chi connectivity index (χ2n) is 14.6. The van der Waals surface area contributed by atoms with E-state index >= 15 is 0 Å². The van der Waals surface area contributed by atoms with Crippen molar-refractivity contribution < 1.29 is 23.8 Å². The van der Waals surface area contributed by atoms with E-state index in [9.17, 15) is 9.59 Å². The highest BCUT2D eigenvalue weighted by atomic mass is 16.6. The predicted octanol–water partition coefficient (Wildman–Crippen LogP) is 14.4. The van der Waals surface area contributed by atoms with E-state index in [2.05, 4.69) is 69.4 Å². The fourth-order valence-electron chi connectivity index (χ4n) is 6.09. The summed E-state index contributed by atoms with van der Waals surface area (Å²) in [6, 6.07) is 0. The molecule has 0 spiro atoms. The number of unbranched alkanes of at least 4 members (excludes halogenated alkanes) is 21. The molecule has 0 rings (SSSR count). The normalized spacial score (nSPS) is 12.6. The zero-order chi connectivity index (χ0) is 37.8. The summed E-state index contributed by atoms with van der Waals surface area (Å²) in [6.45, 7) is 7.65. The van der Waals surface area contributed by atoms with Crippen molar-refractivity contribution in [2.24, 2.45) is 0 Å². The average molecular weight is 729 g/mol. The number of carbonyl (C=O) groups excluding carboxylic acids is 2. The van der Waals surface area contributed by atoms with E-state index < -0.39 is 6.10 Å². The molecule has 0 aliphatic rings. The van der Waals surface area contributed by atoms with Crippen molar-refractivity contribution in [1.82, 2.24) is 0 Å². The Balaban J connectivity index is 4.22. The number of rotatable bonds is 40. The van der Waals surface area contributed by atoms with E-state index in [-0.39, 0.29) is 25.2 Å². The summed E-state index contributed by atoms with van der Waals surface area (Å²) >= 11 is 0. The highest BCUT2D eigenvalue weighted by molar-refractivity contribution is 5.70. The molecule has 0 aliphatic carbocycles. The molecule has 5 nitrogen and oxygen atoms in total. The molecule has 302 valence electrons. The van der Waals surface area contributed by atoms with Gasteiger partial charge in [-0.25, -0.2) is 0 Å². The molecule has 0 aromatic heterocycles. The molecule has 0 bridgehead atoms. The Bertz CT molecular complexity index is 873. The minimum Gasteiger partial charge on any atom is -0.462 e. The molecule has 0 amide bonds. The summed E-state index contributed by atoms with van der Waals surface area (Å²) in [4.78, 5) is 25.1. The van der Waals surface area contributed by atoms with Gasteiger partial charge in [0.05, 0.1) is 6.61 Å². The van der Waals surface area contributed by atoms with Crippen LogP contribution in [-0.2, 0) is 23.8 Å². The first-order valence-electron chi connectivity index (χ1n) is 22.2. The highest BCUT2D eigenvalue weighted by Crippen LogP contribution is 2.14. The SMILES string of the molecule is CC/C=C\C/C=C\C/C=C\C/C=C\CCCCC(=O)OCC(COCCCCCCCCCCCCCCCC)OC(=O)CCCCCCCCC. The third kappa shape index (κ3) is 40.6. The van der Waals surface area contributed by atoms with Gasteiger partial charge in [-0.3, -0.25) is 9.59 Å². The topological polar surface area (TPSA) is 61.8 Å². The van der Waals surface area contributed by atoms with Gasteiger partial charge in [-0.1, -0.05) is 191 Å². The van der Waals surface area contributed by atoms with E-state index in [1.165, 1.54) is 109 Å². The number of esters is 2. The first kappa shape index (κ1) is 49.9. The third-order valence-corrected chi connectivity index (χ3v) is 9.38. The summed E-state index contributed by atoms with van der Waals surface area (Å²) in [5.74, 6) is -0.446. The molecule has 0 heterocycles. The van der Waals surface area contributed by atoms with Crippen molar-refractivity contribution in [3.63, 3.8) is 0 Å². The molecule has 0 N–H and O–H groups in total. The van der Waals surface area contributed by atoms with Crippen LogP contribution in [0.4, 0.5) is 0 Å². The van der Waals surface area contributed by atoms with Gasteiger partial charge in [0.1, 0.15) is 6.61 Å². The lowest BCUT2D eigenvalue weighted by atomic mass is 10.0. The second-order valence-corrected chi connectivity index (χ2v) is 14.6. The molecular formula is C47H84O5. The lowest BCUT2D eigenvalue weighted by Crippen LogP contribution is -2.30. The van der Waals surface area contributed by atoms with Crippen LogP contribution in [0, 0.1) is 0 Å². The fraction of sp³-hybridized carbons (Fsp3) is 0.787. The predicted molar refractivity (Wildman–Crippen MR) is 224 cm³/mol. The summed E-state index contributed by atoms with van der Waals surface area (Å²) < 4.78 is 17.2. The van der Waals surface area contributed by atoms with Crippen LogP contribution in [0.5, 0.6) is 0 Å². The van der Waals surface area contributed by atoms with Crippen molar-refractivity contribution in [3.8, 4) is 0 Å². The molecule has 5 heteroatoms. The molecule has 0 aliphatic heterocycles. The fourth-order valence-corrected chi connectivity index (χ4v) is 6.09. The van der Waals surface area contributed by atoms with Gasteiger partial charge in [0.25, 0.3) is 0 Å². The number of carbonyl (C=O) groups is 2. The number of ether oxygens (including phenoxy) is 3. The maximum Gasteiger partial charge on any atom is 0.306 e. The highest BCUT2D eigenvalue weighted by Gasteiger charge is 2.17. The first-order chi connectivity index (χ1) is 25.6. The lowest BCUT2D eigenvalue weighted by Gasteiger charge is -2.18. The molecule has 1 unspecified atom stereocenters. The Hall–Kier alpha value is -2.14. The number of hydrogen-bond donors (Lipinski definition) is 0.